The summed E-state index contributed by atoms with van der Waals surface area (Å²) in [7, 11) is 0. The van der Waals surface area contributed by atoms with Crippen molar-refractivity contribution in [2.75, 3.05) is 32.8 Å². The molecule has 1 heterocycles. The first kappa shape index (κ1) is 15.5. The van der Waals surface area contributed by atoms with E-state index in [1.165, 1.54) is 11.1 Å². The van der Waals surface area contributed by atoms with E-state index >= 15 is 0 Å². The summed E-state index contributed by atoms with van der Waals surface area (Å²) in [5.41, 5.74) is 2.92. The van der Waals surface area contributed by atoms with Gasteiger partial charge in [0.15, 0.2) is 0 Å². The summed E-state index contributed by atoms with van der Waals surface area (Å²) < 4.78 is 5.44. The second-order valence-corrected chi connectivity index (χ2v) is 6.37. The third-order valence-corrected chi connectivity index (χ3v) is 4.36. The highest BCUT2D eigenvalue weighted by molar-refractivity contribution is 5.28. The molecule has 1 aliphatic rings. The van der Waals surface area contributed by atoms with Gasteiger partial charge in [-0.05, 0) is 38.8 Å². The Morgan fingerprint density at radius 2 is 1.90 bits per heavy atom. The molecule has 1 saturated heterocycles. The minimum Gasteiger partial charge on any atom is -0.379 e. The molecule has 0 amide bonds. The molecule has 0 saturated carbocycles. The number of benzene rings is 1. The molecule has 20 heavy (non-hydrogen) atoms. The van der Waals surface area contributed by atoms with Crippen LogP contribution in [0.3, 0.4) is 0 Å². The minimum atomic E-state index is 0.167. The van der Waals surface area contributed by atoms with Crippen LogP contribution in [0.5, 0.6) is 0 Å². The molecule has 1 atom stereocenters. The van der Waals surface area contributed by atoms with E-state index in [9.17, 15) is 0 Å². The molecule has 0 aliphatic carbocycles. The highest BCUT2D eigenvalue weighted by Crippen LogP contribution is 2.20. The van der Waals surface area contributed by atoms with Gasteiger partial charge in [0.05, 0.1) is 13.2 Å². The lowest BCUT2D eigenvalue weighted by Gasteiger charge is -2.41. The molecule has 0 spiro atoms. The van der Waals surface area contributed by atoms with Crippen molar-refractivity contribution >= 4 is 0 Å². The second kappa shape index (κ2) is 6.70. The maximum Gasteiger partial charge on any atom is 0.0594 e. The Kier molecular flexibility index (Phi) is 5.19. The van der Waals surface area contributed by atoms with Gasteiger partial charge >= 0.3 is 0 Å². The number of hydrogen-bond donors (Lipinski definition) is 1. The molecule has 0 radical (unpaired) electrons. The van der Waals surface area contributed by atoms with Gasteiger partial charge in [0.25, 0.3) is 0 Å². The van der Waals surface area contributed by atoms with Crippen LogP contribution < -0.4 is 5.32 Å². The Bertz CT molecular complexity index is 425. The Balaban J connectivity index is 1.92. The summed E-state index contributed by atoms with van der Waals surface area (Å²) in [4.78, 5) is 2.52. The van der Waals surface area contributed by atoms with Crippen LogP contribution in [0.2, 0.25) is 0 Å². The molecule has 1 aromatic carbocycles. The van der Waals surface area contributed by atoms with Crippen molar-refractivity contribution in [3.8, 4) is 0 Å². The molecular formula is C17H28N2O. The first-order chi connectivity index (χ1) is 9.50. The van der Waals surface area contributed by atoms with Crippen molar-refractivity contribution in [3.05, 3.63) is 35.4 Å². The number of hydrogen-bond acceptors (Lipinski definition) is 3. The molecule has 112 valence electrons. The summed E-state index contributed by atoms with van der Waals surface area (Å²) in [6.07, 6.45) is 0. The number of aryl methyl sites for hydroxylation is 1. The number of ether oxygens (including phenoxy) is 1. The number of morpholine rings is 1. The van der Waals surface area contributed by atoms with Crippen molar-refractivity contribution in [2.24, 2.45) is 0 Å². The van der Waals surface area contributed by atoms with Crippen LogP contribution in [0.1, 0.15) is 37.9 Å². The molecule has 3 heteroatoms. The van der Waals surface area contributed by atoms with Gasteiger partial charge < -0.3 is 10.1 Å². The van der Waals surface area contributed by atoms with Gasteiger partial charge in [-0.3, -0.25) is 4.90 Å². The fourth-order valence-corrected chi connectivity index (χ4v) is 2.87. The maximum absolute atomic E-state index is 5.44. The predicted molar refractivity (Wildman–Crippen MR) is 84.1 cm³/mol. The van der Waals surface area contributed by atoms with Crippen molar-refractivity contribution in [1.29, 1.82) is 0 Å². The third kappa shape index (κ3) is 3.81. The van der Waals surface area contributed by atoms with Crippen molar-refractivity contribution in [2.45, 2.75) is 39.3 Å². The van der Waals surface area contributed by atoms with E-state index in [2.05, 4.69) is 62.2 Å². The van der Waals surface area contributed by atoms with Gasteiger partial charge in [0, 0.05) is 31.2 Å². The third-order valence-electron chi connectivity index (χ3n) is 4.36. The van der Waals surface area contributed by atoms with Crippen LogP contribution in [0.25, 0.3) is 0 Å². The van der Waals surface area contributed by atoms with Crippen molar-refractivity contribution in [1.82, 2.24) is 10.2 Å². The van der Waals surface area contributed by atoms with Crippen LogP contribution in [0, 0.1) is 6.92 Å². The molecule has 1 aliphatic heterocycles. The van der Waals surface area contributed by atoms with E-state index < -0.39 is 0 Å². The van der Waals surface area contributed by atoms with Gasteiger partial charge in [0.2, 0.25) is 0 Å². The Morgan fingerprint density at radius 1 is 1.25 bits per heavy atom. The summed E-state index contributed by atoms with van der Waals surface area (Å²) in [6.45, 7) is 13.8. The molecular weight excluding hydrogens is 248 g/mol. The lowest BCUT2D eigenvalue weighted by Crippen LogP contribution is -2.54. The summed E-state index contributed by atoms with van der Waals surface area (Å²) in [6, 6.07) is 9.00. The molecule has 1 N–H and O–H groups in total. The number of rotatable bonds is 5. The molecule has 1 aromatic rings. The monoisotopic (exact) mass is 276 g/mol. The second-order valence-electron chi connectivity index (χ2n) is 6.37. The summed E-state index contributed by atoms with van der Waals surface area (Å²) in [5, 5.41) is 3.69. The lowest BCUT2D eigenvalue weighted by molar-refractivity contribution is -0.0102. The molecule has 0 bridgehead atoms. The summed E-state index contributed by atoms with van der Waals surface area (Å²) >= 11 is 0. The van der Waals surface area contributed by atoms with Gasteiger partial charge in [0.1, 0.15) is 0 Å². The van der Waals surface area contributed by atoms with Gasteiger partial charge in [-0.1, -0.05) is 24.3 Å². The zero-order valence-electron chi connectivity index (χ0n) is 13.3. The quantitative estimate of drug-likeness (QED) is 0.895. The normalized spacial score (nSPS) is 19.0. The standard InChI is InChI=1S/C17H28N2O/c1-14-7-5-6-8-16(14)15(2)18-13-17(3,4)19-9-11-20-12-10-19/h5-8,15,18H,9-13H2,1-4H3. The average molecular weight is 276 g/mol. The van der Waals surface area contributed by atoms with Crippen LogP contribution in [0.15, 0.2) is 24.3 Å². The molecule has 2 rings (SSSR count). The van der Waals surface area contributed by atoms with E-state index in [0.29, 0.717) is 6.04 Å². The van der Waals surface area contributed by atoms with Crippen molar-refractivity contribution < 1.29 is 4.74 Å². The van der Waals surface area contributed by atoms with Crippen LogP contribution in [0.4, 0.5) is 0 Å². The topological polar surface area (TPSA) is 24.5 Å². The number of nitrogens with zero attached hydrogens (tertiary/aromatic N) is 1. The zero-order chi connectivity index (χ0) is 14.6. The van der Waals surface area contributed by atoms with E-state index in [0.717, 1.165) is 32.8 Å². The predicted octanol–water partition coefficient (Wildman–Crippen LogP) is 2.76. The van der Waals surface area contributed by atoms with E-state index in [1.54, 1.807) is 0 Å². The van der Waals surface area contributed by atoms with Gasteiger partial charge in [-0.2, -0.15) is 0 Å². The average Bonchev–Trinajstić information content (AvgIpc) is 2.46. The fraction of sp³-hybridized carbons (Fsp3) is 0.647. The zero-order valence-corrected chi connectivity index (χ0v) is 13.3. The Hall–Kier alpha value is -0.900. The molecule has 1 unspecified atom stereocenters. The highest BCUT2D eigenvalue weighted by atomic mass is 16.5. The SMILES string of the molecule is Cc1ccccc1C(C)NCC(C)(C)N1CCOCC1. The Morgan fingerprint density at radius 3 is 2.55 bits per heavy atom. The molecule has 1 fully saturated rings. The van der Waals surface area contributed by atoms with E-state index in [-0.39, 0.29) is 5.54 Å². The van der Waals surface area contributed by atoms with Gasteiger partial charge in [-0.25, -0.2) is 0 Å². The lowest BCUT2D eigenvalue weighted by atomic mass is 9.99. The number of nitrogens with one attached hydrogen (secondary N) is 1. The molecule has 3 nitrogen and oxygen atoms in total. The largest absolute Gasteiger partial charge is 0.379 e. The molecule has 0 aromatic heterocycles. The van der Waals surface area contributed by atoms with Crippen LogP contribution in [-0.4, -0.2) is 43.3 Å². The summed E-state index contributed by atoms with van der Waals surface area (Å²) in [5.74, 6) is 0. The minimum absolute atomic E-state index is 0.167. The van der Waals surface area contributed by atoms with E-state index in [1.807, 2.05) is 0 Å². The Labute approximate surface area is 123 Å². The maximum atomic E-state index is 5.44. The van der Waals surface area contributed by atoms with Crippen LogP contribution >= 0.6 is 0 Å². The first-order valence-corrected chi connectivity index (χ1v) is 7.62. The van der Waals surface area contributed by atoms with E-state index in [4.69, 9.17) is 4.74 Å². The first-order valence-electron chi connectivity index (χ1n) is 7.62. The highest BCUT2D eigenvalue weighted by Gasteiger charge is 2.28. The smallest absolute Gasteiger partial charge is 0.0594 e. The van der Waals surface area contributed by atoms with Crippen LogP contribution in [-0.2, 0) is 4.74 Å². The van der Waals surface area contributed by atoms with Crippen molar-refractivity contribution in [3.63, 3.8) is 0 Å². The fourth-order valence-electron chi connectivity index (χ4n) is 2.87. The van der Waals surface area contributed by atoms with Gasteiger partial charge in [-0.15, -0.1) is 0 Å².